The second-order valence-corrected chi connectivity index (χ2v) is 5.60. The van der Waals surface area contributed by atoms with E-state index in [2.05, 4.69) is 26.6 Å². The van der Waals surface area contributed by atoms with Gasteiger partial charge in [-0.15, -0.1) is 0 Å². The van der Waals surface area contributed by atoms with Crippen LogP contribution in [-0.4, -0.2) is 32.1 Å². The molecule has 0 aliphatic carbocycles. The fraction of sp³-hybridized carbons (Fsp3) is 0.500. The number of benzene rings is 1. The van der Waals surface area contributed by atoms with Crippen LogP contribution in [0.15, 0.2) is 22.7 Å². The van der Waals surface area contributed by atoms with E-state index in [9.17, 15) is 4.79 Å². The smallest absolute Gasteiger partial charge is 0.255 e. The van der Waals surface area contributed by atoms with Crippen LogP contribution in [0.5, 0.6) is 5.75 Å². The molecular weight excluding hydrogens is 308 g/mol. The molecular formula is C14H19BrN2O2. The van der Waals surface area contributed by atoms with Gasteiger partial charge in [0.1, 0.15) is 5.75 Å². The molecule has 1 aromatic carbocycles. The predicted molar refractivity (Wildman–Crippen MR) is 78.7 cm³/mol. The Labute approximate surface area is 122 Å². The van der Waals surface area contributed by atoms with Crippen LogP contribution in [0.3, 0.4) is 0 Å². The van der Waals surface area contributed by atoms with E-state index < -0.39 is 0 Å². The third-order valence-corrected chi connectivity index (χ3v) is 3.84. The van der Waals surface area contributed by atoms with Gasteiger partial charge in [0.25, 0.3) is 5.91 Å². The highest BCUT2D eigenvalue weighted by atomic mass is 79.9. The van der Waals surface area contributed by atoms with Crippen molar-refractivity contribution in [3.8, 4) is 5.75 Å². The molecule has 0 spiro atoms. The van der Waals surface area contributed by atoms with Crippen molar-refractivity contribution in [3.63, 3.8) is 0 Å². The lowest BCUT2D eigenvalue weighted by Crippen LogP contribution is -2.30. The van der Waals surface area contributed by atoms with Gasteiger partial charge >= 0.3 is 0 Å². The van der Waals surface area contributed by atoms with Crippen LogP contribution in [0.2, 0.25) is 0 Å². The molecule has 2 rings (SSSR count). The molecule has 1 amide bonds. The summed E-state index contributed by atoms with van der Waals surface area (Å²) in [6.07, 6.45) is 3.42. The monoisotopic (exact) mass is 326 g/mol. The highest BCUT2D eigenvalue weighted by Crippen LogP contribution is 2.23. The van der Waals surface area contributed by atoms with Crippen molar-refractivity contribution in [1.29, 1.82) is 0 Å². The van der Waals surface area contributed by atoms with Crippen LogP contribution >= 0.6 is 15.9 Å². The Morgan fingerprint density at radius 2 is 2.42 bits per heavy atom. The van der Waals surface area contributed by atoms with Crippen LogP contribution in [-0.2, 0) is 0 Å². The number of methoxy groups -OCH3 is 1. The molecule has 1 fully saturated rings. The minimum Gasteiger partial charge on any atom is -0.496 e. The molecule has 0 unspecified atom stereocenters. The number of amides is 1. The van der Waals surface area contributed by atoms with E-state index in [1.165, 1.54) is 12.8 Å². The summed E-state index contributed by atoms with van der Waals surface area (Å²) in [5, 5.41) is 6.36. The molecule has 0 bridgehead atoms. The molecule has 2 N–H and O–H groups in total. The molecule has 0 aromatic heterocycles. The Hall–Kier alpha value is -1.07. The molecule has 1 heterocycles. The van der Waals surface area contributed by atoms with E-state index in [1.807, 2.05) is 6.07 Å². The van der Waals surface area contributed by atoms with Crippen molar-refractivity contribution in [2.75, 3.05) is 20.2 Å². The summed E-state index contributed by atoms with van der Waals surface area (Å²) >= 11 is 3.36. The summed E-state index contributed by atoms with van der Waals surface area (Å²) in [5.74, 6) is 0.508. The Kier molecular flexibility index (Phi) is 5.22. The molecule has 1 aromatic rings. The number of halogens is 1. The number of hydrogen-bond donors (Lipinski definition) is 2. The Bertz CT molecular complexity index is 445. The van der Waals surface area contributed by atoms with Gasteiger partial charge in [0, 0.05) is 17.1 Å². The van der Waals surface area contributed by atoms with Gasteiger partial charge in [-0.2, -0.15) is 0 Å². The van der Waals surface area contributed by atoms with Crippen LogP contribution < -0.4 is 15.4 Å². The molecule has 4 nitrogen and oxygen atoms in total. The zero-order chi connectivity index (χ0) is 13.7. The van der Waals surface area contributed by atoms with Crippen molar-refractivity contribution >= 4 is 21.8 Å². The summed E-state index contributed by atoms with van der Waals surface area (Å²) < 4.78 is 6.12. The Balaban J connectivity index is 1.88. The topological polar surface area (TPSA) is 50.4 Å². The van der Waals surface area contributed by atoms with Crippen LogP contribution in [0.1, 0.15) is 29.6 Å². The zero-order valence-electron chi connectivity index (χ0n) is 11.0. The van der Waals surface area contributed by atoms with Gasteiger partial charge in [-0.05, 0) is 44.0 Å². The lowest BCUT2D eigenvalue weighted by molar-refractivity contribution is 0.0949. The van der Waals surface area contributed by atoms with Gasteiger partial charge in [-0.3, -0.25) is 4.79 Å². The minimum atomic E-state index is -0.0812. The number of ether oxygens (including phenoxy) is 1. The van der Waals surface area contributed by atoms with E-state index in [-0.39, 0.29) is 5.91 Å². The zero-order valence-corrected chi connectivity index (χ0v) is 12.6. The molecule has 19 heavy (non-hydrogen) atoms. The first-order valence-corrected chi connectivity index (χ1v) is 7.35. The largest absolute Gasteiger partial charge is 0.496 e. The first kappa shape index (κ1) is 14.3. The van der Waals surface area contributed by atoms with Gasteiger partial charge in [-0.1, -0.05) is 15.9 Å². The normalized spacial score (nSPS) is 18.3. The number of carbonyl (C=O) groups is 1. The maximum atomic E-state index is 12.1. The fourth-order valence-electron chi connectivity index (χ4n) is 2.31. The van der Waals surface area contributed by atoms with E-state index in [4.69, 9.17) is 4.74 Å². The quantitative estimate of drug-likeness (QED) is 0.873. The van der Waals surface area contributed by atoms with Crippen LogP contribution in [0.25, 0.3) is 0 Å². The highest BCUT2D eigenvalue weighted by Gasteiger charge is 2.15. The summed E-state index contributed by atoms with van der Waals surface area (Å²) in [4.78, 5) is 12.1. The molecule has 1 aliphatic heterocycles. The highest BCUT2D eigenvalue weighted by molar-refractivity contribution is 9.10. The second-order valence-electron chi connectivity index (χ2n) is 4.68. The predicted octanol–water partition coefficient (Wildman–Crippen LogP) is 2.33. The van der Waals surface area contributed by atoms with Crippen molar-refractivity contribution in [1.82, 2.24) is 10.6 Å². The van der Waals surface area contributed by atoms with Gasteiger partial charge in [0.15, 0.2) is 0 Å². The average molecular weight is 327 g/mol. The van der Waals surface area contributed by atoms with Gasteiger partial charge < -0.3 is 15.4 Å². The van der Waals surface area contributed by atoms with E-state index in [1.54, 1.807) is 19.2 Å². The van der Waals surface area contributed by atoms with E-state index >= 15 is 0 Å². The van der Waals surface area contributed by atoms with Crippen molar-refractivity contribution in [2.24, 2.45) is 0 Å². The van der Waals surface area contributed by atoms with E-state index in [0.29, 0.717) is 23.9 Å². The van der Waals surface area contributed by atoms with Crippen molar-refractivity contribution in [3.05, 3.63) is 28.2 Å². The summed E-state index contributed by atoms with van der Waals surface area (Å²) in [5.41, 5.74) is 0.574. The molecule has 1 atom stereocenters. The lowest BCUT2D eigenvalue weighted by Gasteiger charge is -2.12. The average Bonchev–Trinajstić information content (AvgIpc) is 2.91. The fourth-order valence-corrected chi connectivity index (χ4v) is 2.65. The van der Waals surface area contributed by atoms with Crippen molar-refractivity contribution in [2.45, 2.75) is 25.3 Å². The molecule has 1 aliphatic rings. The van der Waals surface area contributed by atoms with Gasteiger partial charge in [0.05, 0.1) is 12.7 Å². The van der Waals surface area contributed by atoms with Crippen molar-refractivity contribution < 1.29 is 9.53 Å². The number of nitrogens with one attached hydrogen (secondary N) is 2. The summed E-state index contributed by atoms with van der Waals surface area (Å²) in [7, 11) is 1.57. The van der Waals surface area contributed by atoms with Crippen LogP contribution in [0, 0.1) is 0 Å². The minimum absolute atomic E-state index is 0.0812. The maximum absolute atomic E-state index is 12.1. The standard InChI is InChI=1S/C14H19BrN2O2/c1-19-13-9-10(15)4-5-12(13)14(18)17-8-6-11-3-2-7-16-11/h4-5,9,11,16H,2-3,6-8H2,1H3,(H,17,18)/t11-/m1/s1. The molecule has 0 radical (unpaired) electrons. The Morgan fingerprint density at radius 1 is 1.58 bits per heavy atom. The molecule has 1 saturated heterocycles. The van der Waals surface area contributed by atoms with Gasteiger partial charge in [-0.25, -0.2) is 0 Å². The first-order valence-electron chi connectivity index (χ1n) is 6.56. The third kappa shape index (κ3) is 3.94. The third-order valence-electron chi connectivity index (χ3n) is 3.35. The summed E-state index contributed by atoms with van der Waals surface area (Å²) in [6.45, 7) is 1.79. The van der Waals surface area contributed by atoms with Crippen LogP contribution in [0.4, 0.5) is 0 Å². The Morgan fingerprint density at radius 3 is 3.11 bits per heavy atom. The molecule has 0 saturated carbocycles. The summed E-state index contributed by atoms with van der Waals surface area (Å²) in [6, 6.07) is 5.96. The lowest BCUT2D eigenvalue weighted by atomic mass is 10.1. The molecule has 104 valence electrons. The number of rotatable bonds is 5. The number of carbonyl (C=O) groups excluding carboxylic acids is 1. The SMILES string of the molecule is COc1cc(Br)ccc1C(=O)NCC[C@H]1CCCN1. The van der Waals surface area contributed by atoms with E-state index in [0.717, 1.165) is 17.4 Å². The first-order chi connectivity index (χ1) is 9.20. The molecule has 5 heteroatoms. The second kappa shape index (κ2) is 6.91. The maximum Gasteiger partial charge on any atom is 0.255 e. The number of hydrogen-bond acceptors (Lipinski definition) is 3. The van der Waals surface area contributed by atoms with Gasteiger partial charge in [0.2, 0.25) is 0 Å².